The van der Waals surface area contributed by atoms with Gasteiger partial charge in [-0.15, -0.1) is 10.2 Å². The van der Waals surface area contributed by atoms with Crippen molar-refractivity contribution in [2.75, 3.05) is 0 Å². The number of hydrogen-bond acceptors (Lipinski definition) is 4. The van der Waals surface area contributed by atoms with Crippen LogP contribution >= 0.6 is 0 Å². The summed E-state index contributed by atoms with van der Waals surface area (Å²) in [5, 5.41) is 16.1. The molecule has 9 heavy (non-hydrogen) atoms. The highest BCUT2D eigenvalue weighted by atomic mass is 16.5. The molecular formula is C5H4N2O2. The van der Waals surface area contributed by atoms with Crippen LogP contribution in [0.5, 0.6) is 5.95 Å². The zero-order valence-corrected chi connectivity index (χ0v) is 4.75. The van der Waals surface area contributed by atoms with Gasteiger partial charge in [-0.2, -0.15) is 0 Å². The summed E-state index contributed by atoms with van der Waals surface area (Å²) in [5.74, 6) is 0.292. The van der Waals surface area contributed by atoms with Crippen LogP contribution in [0.15, 0.2) is 14.6 Å². The van der Waals surface area contributed by atoms with Crippen molar-refractivity contribution >= 4 is 11.6 Å². The van der Waals surface area contributed by atoms with Crippen molar-refractivity contribution in [3.8, 4) is 5.95 Å². The maximum atomic E-state index is 8.85. The maximum Gasteiger partial charge on any atom is 0.313 e. The smallest absolute Gasteiger partial charge is 0.313 e. The summed E-state index contributed by atoms with van der Waals surface area (Å²) in [6.07, 6.45) is 0. The van der Waals surface area contributed by atoms with Crippen molar-refractivity contribution in [3.63, 3.8) is 0 Å². The van der Waals surface area contributed by atoms with E-state index in [-0.39, 0.29) is 5.95 Å². The summed E-state index contributed by atoms with van der Waals surface area (Å²) >= 11 is 0. The molecule has 46 valence electrons. The molecule has 0 amide bonds. The molecule has 1 aliphatic heterocycles. The molecule has 1 aliphatic rings. The fourth-order valence-electron chi connectivity index (χ4n) is 0.787. The minimum Gasteiger partial charge on any atom is -0.479 e. The van der Waals surface area contributed by atoms with Gasteiger partial charge in [0.2, 0.25) is 5.88 Å². The first kappa shape index (κ1) is 4.55. The molecule has 4 nitrogen and oxygen atoms in total. The topological polar surface area (TPSA) is 58.1 Å². The Bertz CT molecular complexity index is 287. The zero-order valence-electron chi connectivity index (χ0n) is 4.75. The van der Waals surface area contributed by atoms with Crippen LogP contribution in [0.3, 0.4) is 0 Å². The number of fused-ring (bicyclic) bond motifs is 2. The molecule has 0 saturated carbocycles. The van der Waals surface area contributed by atoms with E-state index in [1.54, 1.807) is 6.92 Å². The lowest BCUT2D eigenvalue weighted by atomic mass is 10.3. The molecule has 2 bridgehead atoms. The molecule has 0 atom stereocenters. The van der Waals surface area contributed by atoms with Gasteiger partial charge in [-0.05, 0) is 6.92 Å². The van der Waals surface area contributed by atoms with Gasteiger partial charge in [-0.25, -0.2) is 0 Å². The molecule has 2 heterocycles. The maximum absolute atomic E-state index is 8.85. The average Bonchev–Trinajstić information content (AvgIpc) is 2.25. The largest absolute Gasteiger partial charge is 0.479 e. The molecule has 0 saturated heterocycles. The Morgan fingerprint density at radius 3 is 2.44 bits per heavy atom. The molecule has 1 aromatic rings. The molecule has 0 fully saturated rings. The second kappa shape index (κ2) is 1.15. The predicted octanol–water partition coefficient (Wildman–Crippen LogP) is 2.02. The second-order valence-corrected chi connectivity index (χ2v) is 1.89. The molecule has 0 unspecified atom stereocenters. The summed E-state index contributed by atoms with van der Waals surface area (Å²) in [4.78, 5) is 0. The highest BCUT2D eigenvalue weighted by Crippen LogP contribution is 2.45. The Balaban J connectivity index is 2.82. The molecule has 0 radical (unpaired) electrons. The van der Waals surface area contributed by atoms with Crippen molar-refractivity contribution in [1.82, 2.24) is 0 Å². The van der Waals surface area contributed by atoms with Crippen LogP contribution in [0.4, 0.5) is 11.6 Å². The highest BCUT2D eigenvalue weighted by Gasteiger charge is 2.20. The lowest BCUT2D eigenvalue weighted by Gasteiger charge is -1.85. The van der Waals surface area contributed by atoms with E-state index in [4.69, 9.17) is 9.52 Å². The average molecular weight is 124 g/mol. The minimum atomic E-state index is -0.127. The minimum absolute atomic E-state index is 0.127. The van der Waals surface area contributed by atoms with Gasteiger partial charge in [0.25, 0.3) is 0 Å². The number of nitrogens with zero attached hydrogens (tertiary/aromatic N) is 2. The Kier molecular flexibility index (Phi) is 0.582. The second-order valence-electron chi connectivity index (χ2n) is 1.89. The highest BCUT2D eigenvalue weighted by molar-refractivity contribution is 5.63. The van der Waals surface area contributed by atoms with E-state index in [0.717, 1.165) is 5.56 Å². The third kappa shape index (κ3) is 0.378. The van der Waals surface area contributed by atoms with Gasteiger partial charge in [-0.1, -0.05) is 0 Å². The van der Waals surface area contributed by atoms with Gasteiger partial charge >= 0.3 is 5.95 Å². The molecule has 1 N–H and O–H groups in total. The van der Waals surface area contributed by atoms with E-state index < -0.39 is 0 Å². The fourth-order valence-corrected chi connectivity index (χ4v) is 0.787. The van der Waals surface area contributed by atoms with Gasteiger partial charge in [-0.3, -0.25) is 0 Å². The van der Waals surface area contributed by atoms with Crippen molar-refractivity contribution in [2.24, 2.45) is 10.2 Å². The van der Waals surface area contributed by atoms with Crippen LogP contribution in [0.2, 0.25) is 0 Å². The molecule has 1 aromatic heterocycles. The number of hydrogen-bond donors (Lipinski definition) is 1. The molecular weight excluding hydrogens is 120 g/mol. The normalized spacial score (nSPS) is 13.0. The third-order valence-corrected chi connectivity index (χ3v) is 1.31. The van der Waals surface area contributed by atoms with E-state index in [1.807, 2.05) is 0 Å². The Morgan fingerprint density at radius 2 is 2.22 bits per heavy atom. The van der Waals surface area contributed by atoms with Crippen molar-refractivity contribution < 1.29 is 9.52 Å². The van der Waals surface area contributed by atoms with Crippen molar-refractivity contribution in [3.05, 3.63) is 5.56 Å². The first-order valence-corrected chi connectivity index (χ1v) is 2.53. The molecule has 4 heteroatoms. The summed E-state index contributed by atoms with van der Waals surface area (Å²) in [7, 11) is 0. The summed E-state index contributed by atoms with van der Waals surface area (Å²) in [5.41, 5.74) is 1.28. The van der Waals surface area contributed by atoms with Crippen molar-refractivity contribution in [1.29, 1.82) is 0 Å². The Morgan fingerprint density at radius 1 is 1.44 bits per heavy atom. The van der Waals surface area contributed by atoms with Crippen LogP contribution in [0.1, 0.15) is 5.56 Å². The van der Waals surface area contributed by atoms with E-state index in [9.17, 15) is 0 Å². The van der Waals surface area contributed by atoms with Gasteiger partial charge in [0, 0.05) is 5.56 Å². The molecule has 2 rings (SSSR count). The fraction of sp³-hybridized carbons (Fsp3) is 0.200. The Hall–Kier alpha value is -1.32. The molecule has 0 aliphatic carbocycles. The van der Waals surface area contributed by atoms with Crippen LogP contribution in [-0.4, -0.2) is 5.11 Å². The zero-order chi connectivity index (χ0) is 6.43. The van der Waals surface area contributed by atoms with E-state index in [0.29, 0.717) is 11.6 Å². The van der Waals surface area contributed by atoms with E-state index in [1.165, 1.54) is 0 Å². The van der Waals surface area contributed by atoms with E-state index in [2.05, 4.69) is 10.2 Å². The van der Waals surface area contributed by atoms with Crippen LogP contribution < -0.4 is 0 Å². The first-order valence-electron chi connectivity index (χ1n) is 2.53. The van der Waals surface area contributed by atoms with Gasteiger partial charge in [0.15, 0.2) is 5.69 Å². The summed E-state index contributed by atoms with van der Waals surface area (Å²) in [6, 6.07) is 0. The lowest BCUT2D eigenvalue weighted by molar-refractivity contribution is 0.333. The SMILES string of the molecule is Cc1c2oc(O)c1N=N2. The van der Waals surface area contributed by atoms with Crippen molar-refractivity contribution in [2.45, 2.75) is 6.92 Å². The van der Waals surface area contributed by atoms with Gasteiger partial charge in [0.05, 0.1) is 0 Å². The van der Waals surface area contributed by atoms with Crippen LogP contribution in [0, 0.1) is 6.92 Å². The number of rotatable bonds is 0. The quantitative estimate of drug-likeness (QED) is 0.584. The standard InChI is InChI=1S/C5H4N2O2/c1-2-3-5(8)9-4(2)7-6-3/h8H,1H3. The molecule has 0 spiro atoms. The number of azo groups is 1. The van der Waals surface area contributed by atoms with Crippen LogP contribution in [0.25, 0.3) is 0 Å². The monoisotopic (exact) mass is 124 g/mol. The first-order chi connectivity index (χ1) is 4.29. The van der Waals surface area contributed by atoms with Gasteiger partial charge in [0.1, 0.15) is 0 Å². The van der Waals surface area contributed by atoms with Crippen LogP contribution in [-0.2, 0) is 0 Å². The van der Waals surface area contributed by atoms with Gasteiger partial charge < -0.3 is 9.52 Å². The summed E-state index contributed by atoms with van der Waals surface area (Å²) < 4.78 is 4.73. The number of aromatic hydroxyl groups is 1. The molecule has 0 aromatic carbocycles. The lowest BCUT2D eigenvalue weighted by Crippen LogP contribution is -1.56. The summed E-state index contributed by atoms with van der Waals surface area (Å²) in [6.45, 7) is 1.80. The Labute approximate surface area is 50.8 Å². The number of furan rings is 1. The third-order valence-electron chi connectivity index (χ3n) is 1.31. The van der Waals surface area contributed by atoms with E-state index >= 15 is 0 Å². The predicted molar refractivity (Wildman–Crippen MR) is 29.3 cm³/mol.